The molecule has 1 atom stereocenters. The van der Waals surface area contributed by atoms with E-state index >= 15 is 0 Å². The van der Waals surface area contributed by atoms with Gasteiger partial charge in [0.1, 0.15) is 0 Å². The van der Waals surface area contributed by atoms with Crippen LogP contribution in [0.2, 0.25) is 0 Å². The molecule has 64 valence electrons. The Labute approximate surface area is 66.3 Å². The van der Waals surface area contributed by atoms with Crippen molar-refractivity contribution in [3.63, 3.8) is 0 Å². The molecule has 0 aromatic carbocycles. The first-order valence-corrected chi connectivity index (χ1v) is 3.99. The van der Waals surface area contributed by atoms with Crippen molar-refractivity contribution in [1.29, 1.82) is 0 Å². The van der Waals surface area contributed by atoms with E-state index in [9.17, 15) is 4.79 Å². The van der Waals surface area contributed by atoms with Crippen LogP contribution in [-0.2, 0) is 4.79 Å². The third-order valence-electron chi connectivity index (χ3n) is 2.34. The second-order valence-corrected chi connectivity index (χ2v) is 3.13. The van der Waals surface area contributed by atoms with Gasteiger partial charge in [-0.25, -0.2) is 5.84 Å². The van der Waals surface area contributed by atoms with Gasteiger partial charge in [0.25, 0.3) is 0 Å². The highest BCUT2D eigenvalue weighted by molar-refractivity contribution is 5.75. The number of amides is 1. The van der Waals surface area contributed by atoms with E-state index in [0.29, 0.717) is 12.3 Å². The summed E-state index contributed by atoms with van der Waals surface area (Å²) in [6.45, 7) is 0. The van der Waals surface area contributed by atoms with Crippen LogP contribution in [-0.4, -0.2) is 11.9 Å². The fourth-order valence-corrected chi connectivity index (χ4v) is 1.31. The molecular weight excluding hydrogens is 142 g/mol. The second kappa shape index (κ2) is 3.69. The predicted molar refractivity (Wildman–Crippen MR) is 42.3 cm³/mol. The Bertz CT molecular complexity index is 145. The Morgan fingerprint density at radius 2 is 2.27 bits per heavy atom. The summed E-state index contributed by atoms with van der Waals surface area (Å²) in [4.78, 5) is 10.8. The van der Waals surface area contributed by atoms with Gasteiger partial charge in [-0.2, -0.15) is 0 Å². The maximum Gasteiger partial charge on any atom is 0.235 e. The maximum atomic E-state index is 10.8. The number of carbonyl (C=O) groups is 1. The second-order valence-electron chi connectivity index (χ2n) is 3.13. The van der Waals surface area contributed by atoms with Gasteiger partial charge in [-0.05, 0) is 18.8 Å². The van der Waals surface area contributed by atoms with Crippen molar-refractivity contribution in [3.05, 3.63) is 0 Å². The molecule has 1 amide bonds. The van der Waals surface area contributed by atoms with Crippen molar-refractivity contribution in [2.24, 2.45) is 17.5 Å². The maximum absolute atomic E-state index is 10.8. The minimum atomic E-state index is -0.163. The number of nitrogens with one attached hydrogen (secondary N) is 1. The molecular formula is C7H15N3O. The third kappa shape index (κ3) is 2.17. The molecule has 1 fully saturated rings. The van der Waals surface area contributed by atoms with Crippen LogP contribution in [0.3, 0.4) is 0 Å². The minimum Gasteiger partial charge on any atom is -0.327 e. The first-order chi connectivity index (χ1) is 5.24. The Hall–Kier alpha value is -0.610. The van der Waals surface area contributed by atoms with Gasteiger partial charge in [-0.15, -0.1) is 0 Å². The fourth-order valence-electron chi connectivity index (χ4n) is 1.31. The van der Waals surface area contributed by atoms with E-state index < -0.39 is 0 Å². The van der Waals surface area contributed by atoms with Gasteiger partial charge < -0.3 is 5.73 Å². The van der Waals surface area contributed by atoms with Crippen LogP contribution >= 0.6 is 0 Å². The molecule has 0 spiro atoms. The van der Waals surface area contributed by atoms with Crippen LogP contribution < -0.4 is 17.0 Å². The molecule has 11 heavy (non-hydrogen) atoms. The summed E-state index contributed by atoms with van der Waals surface area (Å²) in [5.74, 6) is 5.31. The van der Waals surface area contributed by atoms with E-state index in [-0.39, 0.29) is 11.9 Å². The molecule has 0 aliphatic heterocycles. The molecule has 1 saturated carbocycles. The molecule has 1 aliphatic rings. The van der Waals surface area contributed by atoms with E-state index in [1.165, 1.54) is 19.3 Å². The summed E-state index contributed by atoms with van der Waals surface area (Å²) in [5, 5.41) is 0. The average molecular weight is 157 g/mol. The molecule has 4 nitrogen and oxygen atoms in total. The molecule has 0 aromatic rings. The van der Waals surface area contributed by atoms with Gasteiger partial charge >= 0.3 is 0 Å². The van der Waals surface area contributed by atoms with Gasteiger partial charge in [0.15, 0.2) is 0 Å². The Kier molecular flexibility index (Phi) is 2.84. The van der Waals surface area contributed by atoms with Crippen LogP contribution in [0.4, 0.5) is 0 Å². The molecule has 1 unspecified atom stereocenters. The molecule has 5 N–H and O–H groups in total. The summed E-state index contributed by atoms with van der Waals surface area (Å²) in [5.41, 5.74) is 7.82. The van der Waals surface area contributed by atoms with Crippen molar-refractivity contribution in [2.75, 3.05) is 0 Å². The van der Waals surface area contributed by atoms with Crippen LogP contribution in [0, 0.1) is 5.92 Å². The highest BCUT2D eigenvalue weighted by Gasteiger charge is 2.25. The van der Waals surface area contributed by atoms with Crippen LogP contribution in [0.15, 0.2) is 0 Å². The number of rotatable bonds is 3. The lowest BCUT2D eigenvalue weighted by molar-refractivity contribution is -0.121. The van der Waals surface area contributed by atoms with Crippen LogP contribution in [0.5, 0.6) is 0 Å². The highest BCUT2D eigenvalue weighted by atomic mass is 16.2. The fraction of sp³-hybridized carbons (Fsp3) is 0.857. The Morgan fingerprint density at radius 3 is 2.64 bits per heavy atom. The largest absolute Gasteiger partial charge is 0.327 e. The minimum absolute atomic E-state index is 0.00676. The van der Waals surface area contributed by atoms with Crippen molar-refractivity contribution in [2.45, 2.75) is 31.7 Å². The topological polar surface area (TPSA) is 81.1 Å². The summed E-state index contributed by atoms with van der Waals surface area (Å²) in [6.07, 6.45) is 3.95. The van der Waals surface area contributed by atoms with Gasteiger partial charge in [-0.3, -0.25) is 10.2 Å². The molecule has 0 saturated heterocycles. The molecule has 4 heteroatoms. The van der Waals surface area contributed by atoms with Crippen molar-refractivity contribution >= 4 is 5.91 Å². The van der Waals surface area contributed by atoms with E-state index in [1.807, 2.05) is 0 Å². The number of hydrogen-bond acceptors (Lipinski definition) is 3. The summed E-state index contributed by atoms with van der Waals surface area (Å²) >= 11 is 0. The van der Waals surface area contributed by atoms with Crippen molar-refractivity contribution in [3.8, 4) is 0 Å². The quantitative estimate of drug-likeness (QED) is 0.293. The lowest BCUT2D eigenvalue weighted by Gasteiger charge is -2.30. The van der Waals surface area contributed by atoms with E-state index in [1.54, 1.807) is 0 Å². The first-order valence-electron chi connectivity index (χ1n) is 3.99. The number of nitrogens with two attached hydrogens (primary N) is 2. The Morgan fingerprint density at radius 1 is 1.64 bits per heavy atom. The van der Waals surface area contributed by atoms with Crippen LogP contribution in [0.25, 0.3) is 0 Å². The number of hydrogen-bond donors (Lipinski definition) is 3. The highest BCUT2D eigenvalue weighted by Crippen LogP contribution is 2.29. The van der Waals surface area contributed by atoms with E-state index in [2.05, 4.69) is 5.43 Å². The van der Waals surface area contributed by atoms with Gasteiger partial charge in [-0.1, -0.05) is 6.42 Å². The standard InChI is InChI=1S/C7H15N3O/c8-6(4-7(11)10-9)5-2-1-3-5/h5-6H,1-4,8-9H2,(H,10,11). The van der Waals surface area contributed by atoms with Gasteiger partial charge in [0.2, 0.25) is 5.91 Å². The van der Waals surface area contributed by atoms with Crippen molar-refractivity contribution in [1.82, 2.24) is 5.43 Å². The van der Waals surface area contributed by atoms with Crippen molar-refractivity contribution < 1.29 is 4.79 Å². The number of hydrazine groups is 1. The predicted octanol–water partition coefficient (Wildman–Crippen LogP) is -0.506. The van der Waals surface area contributed by atoms with Gasteiger partial charge in [0.05, 0.1) is 0 Å². The third-order valence-corrected chi connectivity index (χ3v) is 2.34. The molecule has 0 aromatic heterocycles. The smallest absolute Gasteiger partial charge is 0.235 e. The summed E-state index contributed by atoms with van der Waals surface area (Å²) in [7, 11) is 0. The zero-order valence-corrected chi connectivity index (χ0v) is 6.55. The number of carbonyl (C=O) groups excluding carboxylic acids is 1. The summed E-state index contributed by atoms with van der Waals surface area (Å²) < 4.78 is 0. The molecule has 0 heterocycles. The molecule has 0 bridgehead atoms. The SMILES string of the molecule is NNC(=O)CC(N)C1CCC1. The molecule has 1 rings (SSSR count). The lowest BCUT2D eigenvalue weighted by Crippen LogP contribution is -2.41. The monoisotopic (exact) mass is 157 g/mol. The van der Waals surface area contributed by atoms with E-state index in [0.717, 1.165) is 0 Å². The zero-order chi connectivity index (χ0) is 8.27. The first kappa shape index (κ1) is 8.49. The van der Waals surface area contributed by atoms with E-state index in [4.69, 9.17) is 11.6 Å². The normalized spacial score (nSPS) is 20.5. The average Bonchev–Trinajstić information content (AvgIpc) is 1.83. The van der Waals surface area contributed by atoms with Gasteiger partial charge in [0, 0.05) is 12.5 Å². The zero-order valence-electron chi connectivity index (χ0n) is 6.55. The summed E-state index contributed by atoms with van der Waals surface area (Å²) in [6, 6.07) is 0.00676. The Balaban J connectivity index is 2.19. The molecule has 1 aliphatic carbocycles. The lowest BCUT2D eigenvalue weighted by atomic mass is 9.79. The van der Waals surface area contributed by atoms with Crippen LogP contribution in [0.1, 0.15) is 25.7 Å². The molecule has 0 radical (unpaired) electrons.